The van der Waals surface area contributed by atoms with Crippen molar-refractivity contribution in [1.82, 2.24) is 10.6 Å². The first-order valence-corrected chi connectivity index (χ1v) is 9.06. The molecule has 0 atom stereocenters. The van der Waals surface area contributed by atoms with Crippen molar-refractivity contribution >= 4 is 29.9 Å². The molecule has 0 unspecified atom stereocenters. The molecule has 0 radical (unpaired) electrons. The summed E-state index contributed by atoms with van der Waals surface area (Å²) >= 11 is 0. The number of nitrogens with one attached hydrogen (secondary N) is 2. The molecule has 0 saturated heterocycles. The van der Waals surface area contributed by atoms with Gasteiger partial charge in [0.15, 0.2) is 17.5 Å². The van der Waals surface area contributed by atoms with E-state index < -0.39 is 0 Å². The van der Waals surface area contributed by atoms with Gasteiger partial charge in [-0.25, -0.2) is 4.99 Å². The van der Waals surface area contributed by atoms with Crippen molar-refractivity contribution in [3.8, 4) is 11.5 Å². The zero-order chi connectivity index (χ0) is 18.9. The summed E-state index contributed by atoms with van der Waals surface area (Å²) in [5.41, 5.74) is 4.77. The Hall–Kier alpha value is -1.96. The Balaban J connectivity index is 0.00000364. The van der Waals surface area contributed by atoms with Crippen molar-refractivity contribution in [3.63, 3.8) is 0 Å². The molecule has 0 spiro atoms. The second kappa shape index (κ2) is 11.7. The van der Waals surface area contributed by atoms with E-state index in [0.717, 1.165) is 24.6 Å². The fourth-order valence-electron chi connectivity index (χ4n) is 2.66. The van der Waals surface area contributed by atoms with E-state index in [4.69, 9.17) is 4.74 Å². The Labute approximate surface area is 179 Å². The lowest BCUT2D eigenvalue weighted by molar-refractivity contribution is 0.318. The maximum absolute atomic E-state index is 9.80. The third-order valence-corrected chi connectivity index (χ3v) is 4.03. The van der Waals surface area contributed by atoms with Gasteiger partial charge in [0, 0.05) is 13.1 Å². The Kier molecular flexibility index (Phi) is 9.99. The van der Waals surface area contributed by atoms with Gasteiger partial charge in [0.1, 0.15) is 0 Å². The summed E-state index contributed by atoms with van der Waals surface area (Å²) in [5.74, 6) is 1.41. The van der Waals surface area contributed by atoms with Gasteiger partial charge in [-0.2, -0.15) is 0 Å². The molecule has 2 rings (SSSR count). The first kappa shape index (κ1) is 23.1. The van der Waals surface area contributed by atoms with Crippen LogP contribution in [0.25, 0.3) is 0 Å². The fourth-order valence-corrected chi connectivity index (χ4v) is 2.66. The van der Waals surface area contributed by atoms with Gasteiger partial charge in [0.05, 0.1) is 13.2 Å². The number of hydrogen-bond acceptors (Lipinski definition) is 3. The predicted molar refractivity (Wildman–Crippen MR) is 122 cm³/mol. The van der Waals surface area contributed by atoms with E-state index in [2.05, 4.69) is 47.7 Å². The van der Waals surface area contributed by atoms with Crippen molar-refractivity contribution in [2.45, 2.75) is 40.8 Å². The molecule has 27 heavy (non-hydrogen) atoms. The maximum atomic E-state index is 9.80. The quantitative estimate of drug-likeness (QED) is 0.313. The van der Waals surface area contributed by atoms with E-state index in [9.17, 15) is 5.11 Å². The first-order valence-electron chi connectivity index (χ1n) is 9.06. The predicted octanol–water partition coefficient (Wildman–Crippen LogP) is 4.28. The number of benzene rings is 2. The summed E-state index contributed by atoms with van der Waals surface area (Å²) < 4.78 is 5.43. The van der Waals surface area contributed by atoms with Crippen LogP contribution in [0.1, 0.15) is 36.1 Å². The summed E-state index contributed by atoms with van der Waals surface area (Å²) in [7, 11) is 0. The van der Waals surface area contributed by atoms with E-state index in [1.54, 1.807) is 6.07 Å². The molecule has 3 N–H and O–H groups in total. The number of aliphatic imine (C=N–C) groups is 1. The Bertz CT molecular complexity index is 763. The van der Waals surface area contributed by atoms with Crippen molar-refractivity contribution in [2.24, 2.45) is 4.99 Å². The molecule has 2 aromatic carbocycles. The Morgan fingerprint density at radius 3 is 2.52 bits per heavy atom. The van der Waals surface area contributed by atoms with Crippen LogP contribution in [0, 0.1) is 13.8 Å². The van der Waals surface area contributed by atoms with Gasteiger partial charge in [-0.05, 0) is 56.5 Å². The van der Waals surface area contributed by atoms with Crippen molar-refractivity contribution in [2.75, 3.05) is 13.2 Å². The summed E-state index contributed by atoms with van der Waals surface area (Å²) in [5, 5.41) is 16.4. The summed E-state index contributed by atoms with van der Waals surface area (Å²) in [4.78, 5) is 4.63. The van der Waals surface area contributed by atoms with Crippen LogP contribution in [0.4, 0.5) is 0 Å². The molecule has 5 nitrogen and oxygen atoms in total. The van der Waals surface area contributed by atoms with Crippen LogP contribution in [-0.4, -0.2) is 24.2 Å². The number of aryl methyl sites for hydroxylation is 2. The van der Waals surface area contributed by atoms with E-state index in [1.165, 1.54) is 16.7 Å². The zero-order valence-corrected chi connectivity index (χ0v) is 18.8. The molecule has 0 aliphatic carbocycles. The van der Waals surface area contributed by atoms with E-state index >= 15 is 0 Å². The van der Waals surface area contributed by atoms with Crippen LogP contribution in [0.3, 0.4) is 0 Å². The lowest BCUT2D eigenvalue weighted by atomic mass is 10.1. The highest BCUT2D eigenvalue weighted by Crippen LogP contribution is 2.27. The normalized spacial score (nSPS) is 10.9. The molecule has 6 heteroatoms. The highest BCUT2D eigenvalue weighted by atomic mass is 127. The molecule has 0 fully saturated rings. The smallest absolute Gasteiger partial charge is 0.191 e. The molecule has 0 aliphatic rings. The summed E-state index contributed by atoms with van der Waals surface area (Å²) in [6, 6.07) is 11.8. The topological polar surface area (TPSA) is 65.9 Å². The average molecular weight is 483 g/mol. The van der Waals surface area contributed by atoms with E-state index in [0.29, 0.717) is 18.9 Å². The lowest BCUT2D eigenvalue weighted by Gasteiger charge is -2.13. The highest BCUT2D eigenvalue weighted by Gasteiger charge is 2.05. The summed E-state index contributed by atoms with van der Waals surface area (Å²) in [6.45, 7) is 10.7. The monoisotopic (exact) mass is 483 g/mol. The number of halogens is 1. The van der Waals surface area contributed by atoms with Gasteiger partial charge in [0.25, 0.3) is 0 Å². The summed E-state index contributed by atoms with van der Waals surface area (Å²) in [6.07, 6.45) is 0. The number of nitrogens with zero attached hydrogens (tertiary/aromatic N) is 1. The SMILES string of the molecule is CCNC(=NCc1ccc(O)c(OCC)c1)NCc1ccc(C)cc1C.I. The molecule has 0 aliphatic heterocycles. The van der Waals surface area contributed by atoms with Crippen molar-refractivity contribution in [3.05, 3.63) is 58.7 Å². The van der Waals surface area contributed by atoms with Gasteiger partial charge in [0.2, 0.25) is 0 Å². The third kappa shape index (κ3) is 7.28. The first-order chi connectivity index (χ1) is 12.5. The van der Waals surface area contributed by atoms with Gasteiger partial charge in [-0.3, -0.25) is 0 Å². The molecule has 0 aromatic heterocycles. The number of guanidine groups is 1. The van der Waals surface area contributed by atoms with Crippen molar-refractivity contribution in [1.29, 1.82) is 0 Å². The third-order valence-electron chi connectivity index (χ3n) is 4.03. The largest absolute Gasteiger partial charge is 0.504 e. The Morgan fingerprint density at radius 1 is 1.07 bits per heavy atom. The average Bonchev–Trinajstić information content (AvgIpc) is 2.61. The lowest BCUT2D eigenvalue weighted by Crippen LogP contribution is -2.36. The van der Waals surface area contributed by atoms with Crippen LogP contribution < -0.4 is 15.4 Å². The molecular formula is C21H30IN3O2. The van der Waals surface area contributed by atoms with Gasteiger partial charge in [-0.1, -0.05) is 29.8 Å². The minimum atomic E-state index is 0. The van der Waals surface area contributed by atoms with E-state index in [1.807, 2.05) is 26.0 Å². The van der Waals surface area contributed by atoms with Gasteiger partial charge >= 0.3 is 0 Å². The molecular weight excluding hydrogens is 453 g/mol. The zero-order valence-electron chi connectivity index (χ0n) is 16.5. The molecule has 0 heterocycles. The minimum Gasteiger partial charge on any atom is -0.504 e. The van der Waals surface area contributed by atoms with Crippen LogP contribution in [0.5, 0.6) is 11.5 Å². The molecule has 0 bridgehead atoms. The Morgan fingerprint density at radius 2 is 1.85 bits per heavy atom. The van der Waals surface area contributed by atoms with Gasteiger partial charge < -0.3 is 20.5 Å². The number of phenolic OH excluding ortho intramolecular Hbond substituents is 1. The molecule has 2 aromatic rings. The molecule has 0 saturated carbocycles. The molecule has 148 valence electrons. The number of aromatic hydroxyl groups is 1. The van der Waals surface area contributed by atoms with Gasteiger partial charge in [-0.15, -0.1) is 24.0 Å². The number of phenols is 1. The van der Waals surface area contributed by atoms with Crippen LogP contribution in [0.2, 0.25) is 0 Å². The maximum Gasteiger partial charge on any atom is 0.191 e. The highest BCUT2D eigenvalue weighted by molar-refractivity contribution is 14.0. The van der Waals surface area contributed by atoms with Crippen LogP contribution >= 0.6 is 24.0 Å². The number of rotatable bonds is 7. The number of ether oxygens (including phenoxy) is 1. The van der Waals surface area contributed by atoms with Crippen LogP contribution in [-0.2, 0) is 13.1 Å². The second-order valence-electron chi connectivity index (χ2n) is 6.21. The minimum absolute atomic E-state index is 0. The second-order valence-corrected chi connectivity index (χ2v) is 6.21. The standard InChI is InChI=1S/C21H29N3O2.HI/c1-5-22-21(24-14-18-9-7-15(3)11-16(18)4)23-13-17-8-10-19(25)20(12-17)26-6-2;/h7-12,25H,5-6,13-14H2,1-4H3,(H2,22,23,24);1H. The van der Waals surface area contributed by atoms with Crippen molar-refractivity contribution < 1.29 is 9.84 Å². The van der Waals surface area contributed by atoms with Crippen LogP contribution in [0.15, 0.2) is 41.4 Å². The van der Waals surface area contributed by atoms with E-state index in [-0.39, 0.29) is 29.7 Å². The number of hydrogen-bond donors (Lipinski definition) is 3. The molecule has 0 amide bonds. The fraction of sp³-hybridized carbons (Fsp3) is 0.381.